The van der Waals surface area contributed by atoms with Gasteiger partial charge in [-0.05, 0) is 151 Å². The number of piperazine rings is 1. The van der Waals surface area contributed by atoms with E-state index in [1.807, 2.05) is 74.9 Å². The minimum absolute atomic E-state index is 0.00185. The lowest BCUT2D eigenvalue weighted by Gasteiger charge is -2.42. The van der Waals surface area contributed by atoms with Crippen LogP contribution in [-0.2, 0) is 47.4 Å². The second kappa shape index (κ2) is 27.8. The van der Waals surface area contributed by atoms with Crippen LogP contribution in [0.15, 0.2) is 83.9 Å². The van der Waals surface area contributed by atoms with E-state index in [-0.39, 0.29) is 132 Å². The van der Waals surface area contributed by atoms with E-state index < -0.39 is 56.9 Å². The summed E-state index contributed by atoms with van der Waals surface area (Å²) in [4.78, 5) is 61.4. The molecule has 4 aliphatic rings. The first-order valence-corrected chi connectivity index (χ1v) is 34.0. The Morgan fingerprint density at radius 3 is 2.43 bits per heavy atom. The third-order valence-corrected chi connectivity index (χ3v) is 20.4. The molecular weight excluding hydrogens is 1280 g/mol. The molecule has 0 radical (unpaired) electrons. The number of carbonyl (C=O) groups excluding carboxylic acids is 3. The number of terminal acetylenes is 1. The highest BCUT2D eigenvalue weighted by Crippen LogP contribution is 2.43. The molecule has 3 fully saturated rings. The maximum absolute atomic E-state index is 17.9. The summed E-state index contributed by atoms with van der Waals surface area (Å²) in [5, 5.41) is 12.4. The first kappa shape index (κ1) is 68.5. The first-order valence-electron chi connectivity index (χ1n) is 32.6. The molecule has 8 aromatic rings. The predicted octanol–water partition coefficient (Wildman–Crippen LogP) is 9.37. The Bertz CT molecular complexity index is 4570. The van der Waals surface area contributed by atoms with Gasteiger partial charge >= 0.3 is 18.1 Å². The van der Waals surface area contributed by atoms with Crippen LogP contribution >= 0.6 is 0 Å². The molecule has 27 heteroatoms. The molecule has 0 aliphatic carbocycles. The van der Waals surface area contributed by atoms with Crippen molar-refractivity contribution in [2.45, 2.75) is 120 Å². The molecule has 24 nitrogen and oxygen atoms in total. The Kier molecular flexibility index (Phi) is 19.4. The second-order valence-corrected chi connectivity index (χ2v) is 28.1. The SMILES string of the molecule is C#Cc1c(F)ccc2cc(OCOC)cc(-c3ncc4c(N5C[C@H]6CC[C@@H](C5)N6C(=O)OC(C)(C)C)nc(OC[C@@]5(C(=O)NCCOc6ccc7c(c6)O[C@H](C)CN(Cc6cc(C(CC(=O)OCC)c8cc(OC)c9c(c8)nnn9C)ccc6C)S7(=O)=O)CCCN5C)nc4c3F)c12. The van der Waals surface area contributed by atoms with E-state index in [0.29, 0.717) is 73.2 Å². The summed E-state index contributed by atoms with van der Waals surface area (Å²) in [7, 11) is 2.42. The normalized spacial score (nSPS) is 19.6. The van der Waals surface area contributed by atoms with E-state index in [1.165, 1.54) is 47.9 Å². The number of halogens is 2. The van der Waals surface area contributed by atoms with Gasteiger partial charge in [-0.2, -0.15) is 14.3 Å². The Labute approximate surface area is 566 Å². The predicted molar refractivity (Wildman–Crippen MR) is 360 cm³/mol. The van der Waals surface area contributed by atoms with Gasteiger partial charge in [0.1, 0.15) is 92.2 Å². The molecule has 7 heterocycles. The smallest absolute Gasteiger partial charge is 0.410 e. The van der Waals surface area contributed by atoms with Crippen molar-refractivity contribution in [1.29, 1.82) is 0 Å². The van der Waals surface area contributed by atoms with Crippen LogP contribution in [0.3, 0.4) is 0 Å². The number of rotatable bonds is 21. The van der Waals surface area contributed by atoms with Crippen LogP contribution in [0.25, 0.3) is 44.0 Å². The zero-order chi connectivity index (χ0) is 69.5. The van der Waals surface area contributed by atoms with E-state index in [9.17, 15) is 22.8 Å². The molecule has 12 rings (SSSR count). The molecule has 3 aromatic heterocycles. The number of benzene rings is 5. The topological polar surface area (TPSA) is 254 Å². The Balaban J connectivity index is 0.772. The molecule has 0 saturated carbocycles. The number of amides is 2. The van der Waals surface area contributed by atoms with Gasteiger partial charge in [0, 0.05) is 62.9 Å². The molecule has 1 unspecified atom stereocenters. The van der Waals surface area contributed by atoms with Gasteiger partial charge in [0.25, 0.3) is 0 Å². The number of hydrogen-bond acceptors (Lipinski definition) is 20. The number of anilines is 1. The molecule has 98 heavy (non-hydrogen) atoms. The fourth-order valence-electron chi connectivity index (χ4n) is 13.8. The molecule has 1 N–H and O–H groups in total. The third kappa shape index (κ3) is 13.5. The Morgan fingerprint density at radius 2 is 1.71 bits per heavy atom. The molecule has 2 bridgehead atoms. The molecule has 5 aromatic carbocycles. The number of likely N-dealkylation sites (tertiary alicyclic amines) is 1. The van der Waals surface area contributed by atoms with Gasteiger partial charge in [-0.25, -0.2) is 26.7 Å². The number of nitrogens with zero attached hydrogens (tertiary/aromatic N) is 10. The van der Waals surface area contributed by atoms with Gasteiger partial charge in [0.05, 0.1) is 56.3 Å². The van der Waals surface area contributed by atoms with E-state index in [1.54, 1.807) is 49.7 Å². The number of nitrogens with one attached hydrogen (secondary N) is 1. The van der Waals surface area contributed by atoms with Crippen LogP contribution in [0.1, 0.15) is 100 Å². The van der Waals surface area contributed by atoms with Crippen LogP contribution in [0.2, 0.25) is 0 Å². The van der Waals surface area contributed by atoms with Gasteiger partial charge in [0.2, 0.25) is 15.9 Å². The van der Waals surface area contributed by atoms with Crippen molar-refractivity contribution < 1.29 is 69.5 Å². The minimum Gasteiger partial charge on any atom is -0.494 e. The molecule has 516 valence electrons. The Morgan fingerprint density at radius 1 is 0.929 bits per heavy atom. The average Bonchev–Trinajstić information content (AvgIpc) is 0.882. The molecule has 5 atom stereocenters. The monoisotopic (exact) mass is 1360 g/mol. The number of aromatic nitrogens is 6. The van der Waals surface area contributed by atoms with Crippen molar-refractivity contribution in [3.63, 3.8) is 0 Å². The summed E-state index contributed by atoms with van der Waals surface area (Å²) in [6.45, 7) is 11.9. The van der Waals surface area contributed by atoms with Gasteiger partial charge < -0.3 is 48.1 Å². The van der Waals surface area contributed by atoms with Gasteiger partial charge in [-0.15, -0.1) is 11.5 Å². The number of sulfonamides is 1. The van der Waals surface area contributed by atoms with Crippen molar-refractivity contribution in [1.82, 2.24) is 49.4 Å². The third-order valence-electron chi connectivity index (χ3n) is 18.6. The quantitative estimate of drug-likeness (QED) is 0.0304. The largest absolute Gasteiger partial charge is 0.494 e. The number of esters is 1. The lowest BCUT2D eigenvalue weighted by Crippen LogP contribution is -2.58. The van der Waals surface area contributed by atoms with E-state index in [0.717, 1.165) is 22.3 Å². The number of hydrogen-bond donors (Lipinski definition) is 1. The second-order valence-electron chi connectivity index (χ2n) is 26.2. The van der Waals surface area contributed by atoms with Crippen LogP contribution in [-0.4, -0.2) is 180 Å². The fourth-order valence-corrected chi connectivity index (χ4v) is 15.4. The van der Waals surface area contributed by atoms with Gasteiger partial charge in [-0.3, -0.25) is 24.4 Å². The maximum Gasteiger partial charge on any atom is 0.410 e. The summed E-state index contributed by atoms with van der Waals surface area (Å²) in [5.41, 5.74) is 2.00. The fraction of sp³-hybridized carbons (Fsp3) is 0.437. The zero-order valence-electron chi connectivity index (χ0n) is 56.4. The van der Waals surface area contributed by atoms with Crippen LogP contribution in [0.5, 0.6) is 29.0 Å². The number of likely N-dealkylation sites (N-methyl/N-ethyl adjacent to an activating group) is 1. The summed E-state index contributed by atoms with van der Waals surface area (Å²) < 4.78 is 113. The minimum atomic E-state index is -4.18. The zero-order valence-corrected chi connectivity index (χ0v) is 57.3. The highest BCUT2D eigenvalue weighted by atomic mass is 32.2. The average molecular weight is 1360 g/mol. The highest BCUT2D eigenvalue weighted by Gasteiger charge is 2.48. The lowest BCUT2D eigenvalue weighted by atomic mass is 9.86. The van der Waals surface area contributed by atoms with Crippen molar-refractivity contribution in [3.05, 3.63) is 118 Å². The van der Waals surface area contributed by atoms with Crippen LogP contribution < -0.4 is 33.9 Å². The van der Waals surface area contributed by atoms with Gasteiger partial charge in [0.15, 0.2) is 12.6 Å². The lowest BCUT2D eigenvalue weighted by molar-refractivity contribution is -0.143. The number of aryl methyl sites for hydroxylation is 2. The summed E-state index contributed by atoms with van der Waals surface area (Å²) in [6.07, 6.45) is 8.74. The molecule has 3 saturated heterocycles. The summed E-state index contributed by atoms with van der Waals surface area (Å²) >= 11 is 0. The van der Waals surface area contributed by atoms with E-state index in [2.05, 4.69) is 26.5 Å². The van der Waals surface area contributed by atoms with E-state index >= 15 is 8.78 Å². The van der Waals surface area contributed by atoms with Crippen molar-refractivity contribution in [2.75, 3.05) is 85.5 Å². The Hall–Kier alpha value is -9.49. The number of carbonyl (C=O) groups is 3. The summed E-state index contributed by atoms with van der Waals surface area (Å²) in [5.74, 6) is 1.05. The number of ether oxygens (including phenoxy) is 8. The summed E-state index contributed by atoms with van der Waals surface area (Å²) in [6, 6.07) is 19.1. The standard InChI is InChI=1S/C71H79F2N11O13S/c1-12-51-55(72)21-17-44-28-50(95-40-90-10)31-53(61(44)51)63-62(73)64-54(34-75-63)66(82-37-47-18-19-48(38-82)84(47)69(87)97-70(5,6)7)77-68(76-64)94-39-71(23-14-25-80(71)8)67(86)74-24-26-93-49-20-22-59-57(32-49)96-42(4)35-83(98(59,88)89)36-46-27-43(16-15-41(46)3)52(33-60(85)92-13-2)45-29-56-65(58(30-45)91-11)81(9)79-78-56/h1,15-17,20-22,27-32,34,42,47-48,52H,13-14,18-19,23-26,33,35-40H2,2-11H3,(H,74,86)/t42-,47-,48+,52?,71-/m1/s1. The van der Waals surface area contributed by atoms with E-state index in [4.69, 9.17) is 54.3 Å². The molecule has 2 amide bonds. The van der Waals surface area contributed by atoms with Crippen LogP contribution in [0, 0.1) is 30.9 Å². The van der Waals surface area contributed by atoms with Crippen molar-refractivity contribution in [3.8, 4) is 52.6 Å². The molecule has 4 aliphatic heterocycles. The molecule has 0 spiro atoms. The van der Waals surface area contributed by atoms with Crippen molar-refractivity contribution in [2.24, 2.45) is 7.05 Å². The number of fused-ring (bicyclic) bond motifs is 6. The number of pyridine rings is 1. The number of methoxy groups -OCH3 is 2. The maximum atomic E-state index is 17.9. The van der Waals surface area contributed by atoms with Crippen molar-refractivity contribution >= 4 is 66.5 Å². The molecular formula is C71H79F2N11O13S. The van der Waals surface area contributed by atoms with Gasteiger partial charge in [-0.1, -0.05) is 35.4 Å². The highest BCUT2D eigenvalue weighted by molar-refractivity contribution is 7.89. The first-order chi connectivity index (χ1) is 46.9. The van der Waals surface area contributed by atoms with Crippen LogP contribution in [0.4, 0.5) is 19.4 Å².